The minimum absolute atomic E-state index is 0.159. The van der Waals surface area contributed by atoms with Crippen LogP contribution in [0.5, 0.6) is 0 Å². The van der Waals surface area contributed by atoms with Crippen LogP contribution in [0.15, 0.2) is 55.1 Å². The lowest BCUT2D eigenvalue weighted by molar-refractivity contribution is -0.115. The minimum atomic E-state index is -0.159. The van der Waals surface area contributed by atoms with Gasteiger partial charge in [-0.2, -0.15) is 5.10 Å². The summed E-state index contributed by atoms with van der Waals surface area (Å²) in [6.45, 7) is 3.89. The van der Waals surface area contributed by atoms with Gasteiger partial charge in [-0.3, -0.25) is 14.8 Å². The van der Waals surface area contributed by atoms with Crippen molar-refractivity contribution in [1.82, 2.24) is 29.6 Å². The summed E-state index contributed by atoms with van der Waals surface area (Å²) in [6, 6.07) is 9.84. The number of nitrogens with one attached hydrogen (secondary N) is 1. The predicted molar refractivity (Wildman–Crippen MR) is 128 cm³/mol. The van der Waals surface area contributed by atoms with E-state index in [-0.39, 0.29) is 12.3 Å². The number of carbonyl (C=O) groups excluding carboxylic acids is 1. The number of likely N-dealkylation sites (N-methyl/N-ethyl adjacent to an activating group) is 1. The molecule has 1 aromatic carbocycles. The van der Waals surface area contributed by atoms with Gasteiger partial charge in [0.1, 0.15) is 5.82 Å². The first-order chi connectivity index (χ1) is 16.0. The Hall–Kier alpha value is -3.85. The molecule has 1 aliphatic heterocycles. The Morgan fingerprint density at radius 1 is 1.00 bits per heavy atom. The number of benzene rings is 1. The molecule has 9 nitrogen and oxygen atoms in total. The van der Waals surface area contributed by atoms with Crippen molar-refractivity contribution in [2.75, 3.05) is 43.4 Å². The Balaban J connectivity index is 1.28. The van der Waals surface area contributed by atoms with Crippen LogP contribution in [0.2, 0.25) is 0 Å². The van der Waals surface area contributed by atoms with Gasteiger partial charge in [0.15, 0.2) is 0 Å². The van der Waals surface area contributed by atoms with E-state index in [1.807, 2.05) is 49.8 Å². The van der Waals surface area contributed by atoms with Crippen LogP contribution < -0.4 is 10.2 Å². The highest BCUT2D eigenvalue weighted by Gasteiger charge is 2.16. The maximum atomic E-state index is 12.7. The van der Waals surface area contributed by atoms with Crippen LogP contribution in [0.3, 0.4) is 0 Å². The molecule has 0 atom stereocenters. The number of piperazine rings is 1. The first-order valence-electron chi connectivity index (χ1n) is 11.0. The van der Waals surface area contributed by atoms with Gasteiger partial charge in [0, 0.05) is 62.8 Å². The highest BCUT2D eigenvalue weighted by atomic mass is 16.1. The molecule has 4 heterocycles. The van der Waals surface area contributed by atoms with E-state index in [0.717, 1.165) is 59.6 Å². The Labute approximate surface area is 192 Å². The number of pyridine rings is 1. The molecule has 5 rings (SSSR count). The van der Waals surface area contributed by atoms with Crippen LogP contribution in [-0.2, 0) is 18.3 Å². The van der Waals surface area contributed by atoms with Gasteiger partial charge in [0.25, 0.3) is 0 Å². The van der Waals surface area contributed by atoms with E-state index < -0.39 is 0 Å². The summed E-state index contributed by atoms with van der Waals surface area (Å²) in [5, 5.41) is 7.97. The first kappa shape index (κ1) is 21.0. The highest BCUT2D eigenvalue weighted by molar-refractivity contribution is 5.92. The number of carbonyl (C=O) groups is 1. The van der Waals surface area contributed by atoms with Gasteiger partial charge in [0.2, 0.25) is 11.9 Å². The van der Waals surface area contributed by atoms with Crippen LogP contribution in [0.1, 0.15) is 5.56 Å². The van der Waals surface area contributed by atoms with Crippen molar-refractivity contribution in [3.05, 3.63) is 60.7 Å². The molecule has 4 aromatic rings. The van der Waals surface area contributed by atoms with Crippen molar-refractivity contribution in [2.24, 2.45) is 7.05 Å². The topological polar surface area (TPSA) is 92.1 Å². The molecule has 0 aliphatic carbocycles. The summed E-state index contributed by atoms with van der Waals surface area (Å²) in [7, 11) is 4.01. The molecule has 0 bridgehead atoms. The van der Waals surface area contributed by atoms with Gasteiger partial charge in [-0.25, -0.2) is 15.0 Å². The van der Waals surface area contributed by atoms with Crippen LogP contribution in [0, 0.1) is 0 Å². The van der Waals surface area contributed by atoms with Crippen LogP contribution in [0.25, 0.3) is 22.0 Å². The molecule has 168 valence electrons. The Morgan fingerprint density at radius 2 is 1.85 bits per heavy atom. The summed E-state index contributed by atoms with van der Waals surface area (Å²) in [5.41, 5.74) is 3.70. The fraction of sp³-hybridized carbons (Fsp3) is 0.292. The maximum absolute atomic E-state index is 12.7. The standard InChI is InChI=1S/C24H26N8O/c1-30-7-9-32(10-8-30)22-11-17(5-6-25-22)12-23(33)29-24-26-14-19-4-3-18(13-21(19)28-24)20-15-27-31(2)16-20/h3-6,11,13-16H,7-10,12H2,1-2H3,(H,26,28,29,33). The summed E-state index contributed by atoms with van der Waals surface area (Å²) in [4.78, 5) is 30.6. The highest BCUT2D eigenvalue weighted by Crippen LogP contribution is 2.23. The van der Waals surface area contributed by atoms with Gasteiger partial charge >= 0.3 is 0 Å². The largest absolute Gasteiger partial charge is 0.354 e. The van der Waals surface area contributed by atoms with E-state index in [9.17, 15) is 4.79 Å². The average molecular weight is 443 g/mol. The molecule has 1 N–H and O–H groups in total. The SMILES string of the molecule is CN1CCN(c2cc(CC(=O)Nc3ncc4ccc(-c5cnn(C)c5)cc4n3)ccn2)CC1. The van der Waals surface area contributed by atoms with E-state index in [0.29, 0.717) is 5.95 Å². The molecule has 33 heavy (non-hydrogen) atoms. The third-order valence-corrected chi connectivity index (χ3v) is 5.87. The predicted octanol–water partition coefficient (Wildman–Crippen LogP) is 2.36. The van der Waals surface area contributed by atoms with Gasteiger partial charge in [-0.1, -0.05) is 12.1 Å². The van der Waals surface area contributed by atoms with Crippen LogP contribution in [-0.4, -0.2) is 68.8 Å². The average Bonchev–Trinajstić information content (AvgIpc) is 3.25. The maximum Gasteiger partial charge on any atom is 0.231 e. The molecule has 1 amide bonds. The number of aryl methyl sites for hydroxylation is 1. The number of hydrogen-bond acceptors (Lipinski definition) is 7. The Kier molecular flexibility index (Phi) is 5.70. The Bertz CT molecular complexity index is 1290. The second kappa shape index (κ2) is 8.95. The van der Waals surface area contributed by atoms with Gasteiger partial charge in [-0.15, -0.1) is 0 Å². The van der Waals surface area contributed by atoms with Crippen molar-refractivity contribution in [2.45, 2.75) is 6.42 Å². The molecule has 0 unspecified atom stereocenters. The lowest BCUT2D eigenvalue weighted by Crippen LogP contribution is -2.44. The summed E-state index contributed by atoms with van der Waals surface area (Å²) < 4.78 is 1.76. The molecule has 1 fully saturated rings. The molecular weight excluding hydrogens is 416 g/mol. The number of nitrogens with zero attached hydrogens (tertiary/aromatic N) is 7. The van der Waals surface area contributed by atoms with E-state index in [2.05, 4.69) is 42.2 Å². The number of hydrogen-bond donors (Lipinski definition) is 1. The number of fused-ring (bicyclic) bond motifs is 1. The van der Waals surface area contributed by atoms with Crippen molar-refractivity contribution >= 4 is 28.6 Å². The van der Waals surface area contributed by atoms with Crippen molar-refractivity contribution in [3.8, 4) is 11.1 Å². The first-order valence-corrected chi connectivity index (χ1v) is 11.0. The van der Waals surface area contributed by atoms with E-state index in [1.54, 1.807) is 17.1 Å². The molecule has 0 saturated carbocycles. The fourth-order valence-electron chi connectivity index (χ4n) is 3.97. The third-order valence-electron chi connectivity index (χ3n) is 5.87. The minimum Gasteiger partial charge on any atom is -0.354 e. The fourth-order valence-corrected chi connectivity index (χ4v) is 3.97. The van der Waals surface area contributed by atoms with Gasteiger partial charge in [0.05, 0.1) is 18.1 Å². The van der Waals surface area contributed by atoms with Crippen molar-refractivity contribution < 1.29 is 4.79 Å². The number of aromatic nitrogens is 5. The van der Waals surface area contributed by atoms with Crippen LogP contribution in [0.4, 0.5) is 11.8 Å². The smallest absolute Gasteiger partial charge is 0.231 e. The zero-order valence-electron chi connectivity index (χ0n) is 18.8. The molecule has 1 saturated heterocycles. The third kappa shape index (κ3) is 4.83. The zero-order chi connectivity index (χ0) is 22.8. The van der Waals surface area contributed by atoms with E-state index >= 15 is 0 Å². The molecule has 0 spiro atoms. The lowest BCUT2D eigenvalue weighted by atomic mass is 10.1. The summed E-state index contributed by atoms with van der Waals surface area (Å²) in [6.07, 6.45) is 7.50. The van der Waals surface area contributed by atoms with Crippen molar-refractivity contribution in [3.63, 3.8) is 0 Å². The summed E-state index contributed by atoms with van der Waals surface area (Å²) in [5.74, 6) is 1.05. The van der Waals surface area contributed by atoms with E-state index in [4.69, 9.17) is 0 Å². The van der Waals surface area contributed by atoms with Crippen LogP contribution >= 0.6 is 0 Å². The van der Waals surface area contributed by atoms with Gasteiger partial charge in [-0.05, 0) is 36.4 Å². The molecule has 0 radical (unpaired) electrons. The number of anilines is 2. The second-order valence-corrected chi connectivity index (χ2v) is 8.41. The molecule has 9 heteroatoms. The second-order valence-electron chi connectivity index (χ2n) is 8.41. The number of amides is 1. The van der Waals surface area contributed by atoms with Crippen molar-refractivity contribution in [1.29, 1.82) is 0 Å². The van der Waals surface area contributed by atoms with E-state index in [1.165, 1.54) is 0 Å². The molecular formula is C24H26N8O. The monoisotopic (exact) mass is 442 g/mol. The number of rotatable bonds is 5. The normalized spacial score (nSPS) is 14.5. The quantitative estimate of drug-likeness (QED) is 0.507. The summed E-state index contributed by atoms with van der Waals surface area (Å²) >= 11 is 0. The molecule has 1 aliphatic rings. The van der Waals surface area contributed by atoms with Gasteiger partial charge < -0.3 is 9.80 Å². The Morgan fingerprint density at radius 3 is 2.64 bits per heavy atom. The molecule has 3 aromatic heterocycles. The zero-order valence-corrected chi connectivity index (χ0v) is 18.8. The lowest BCUT2D eigenvalue weighted by Gasteiger charge is -2.33.